The Balaban J connectivity index is 1.38. The van der Waals surface area contributed by atoms with E-state index < -0.39 is 0 Å². The van der Waals surface area contributed by atoms with E-state index in [9.17, 15) is 4.79 Å². The summed E-state index contributed by atoms with van der Waals surface area (Å²) in [4.78, 5) is 16.1. The van der Waals surface area contributed by atoms with Crippen molar-refractivity contribution in [1.29, 1.82) is 0 Å². The van der Waals surface area contributed by atoms with Gasteiger partial charge in [-0.05, 0) is 54.4 Å². The Morgan fingerprint density at radius 3 is 2.78 bits per heavy atom. The number of hydrogen-bond donors (Lipinski definition) is 2. The van der Waals surface area contributed by atoms with Crippen LogP contribution in [0.15, 0.2) is 89.8 Å². The summed E-state index contributed by atoms with van der Waals surface area (Å²) in [6.45, 7) is 5.44. The van der Waals surface area contributed by atoms with Crippen molar-refractivity contribution < 1.29 is 9.53 Å². The number of allylic oxidation sites excluding steroid dienone is 4. The average molecular weight is 485 g/mol. The number of dihydropyridines is 1. The zero-order chi connectivity index (χ0) is 24.9. The van der Waals surface area contributed by atoms with E-state index in [4.69, 9.17) is 4.74 Å². The van der Waals surface area contributed by atoms with Gasteiger partial charge in [-0.2, -0.15) is 5.10 Å². The highest BCUT2D eigenvalue weighted by molar-refractivity contribution is 5.85. The Kier molecular flexibility index (Phi) is 7.40. The maximum atomic E-state index is 14.2. The van der Waals surface area contributed by atoms with Gasteiger partial charge >= 0.3 is 0 Å². The van der Waals surface area contributed by atoms with Gasteiger partial charge in [0, 0.05) is 30.4 Å². The van der Waals surface area contributed by atoms with Crippen LogP contribution < -0.4 is 5.32 Å². The number of carbonyl (C=O) groups excluding carboxylic acids is 1. The Morgan fingerprint density at radius 1 is 1.19 bits per heavy atom. The number of nitrogens with zero attached hydrogens (tertiary/aromatic N) is 2. The lowest BCUT2D eigenvalue weighted by molar-refractivity contribution is -0.133. The third kappa shape index (κ3) is 5.32. The second-order valence-corrected chi connectivity index (χ2v) is 10.2. The van der Waals surface area contributed by atoms with Crippen molar-refractivity contribution in [2.45, 2.75) is 65.1 Å². The van der Waals surface area contributed by atoms with Gasteiger partial charge < -0.3 is 15.0 Å². The quantitative estimate of drug-likeness (QED) is 0.500. The maximum absolute atomic E-state index is 14.2. The standard InChI is InChI=1S/C30H36N4O2/c1-21(2)28-15-14-24(18-31-28)34(19-23-16-32-33-17-23)30(35)27-12-6-11-26-25(27)10-7-13-29(26)36-20-22-8-4-3-5-9-22/h3-5,8-10,14-18,21,27-28,31H,6-7,11-13,19-20H2,1-2H3,(H,32,33)/t27-,28?/m0/s1. The monoisotopic (exact) mass is 484 g/mol. The molecule has 1 amide bonds. The molecule has 1 saturated carbocycles. The number of ether oxygens (including phenoxy) is 1. The molecule has 0 bridgehead atoms. The van der Waals surface area contributed by atoms with E-state index in [2.05, 4.69) is 59.7 Å². The number of carbonyl (C=O) groups is 1. The Hall–Kier alpha value is -3.54. The van der Waals surface area contributed by atoms with Crippen molar-refractivity contribution >= 4 is 5.91 Å². The predicted octanol–water partition coefficient (Wildman–Crippen LogP) is 5.75. The first kappa shape index (κ1) is 24.2. The van der Waals surface area contributed by atoms with Crippen molar-refractivity contribution in [1.82, 2.24) is 20.4 Å². The van der Waals surface area contributed by atoms with Crippen LogP contribution in [0.5, 0.6) is 0 Å². The zero-order valence-electron chi connectivity index (χ0n) is 21.2. The van der Waals surface area contributed by atoms with E-state index >= 15 is 0 Å². The number of amides is 1. The number of aromatic nitrogens is 2. The van der Waals surface area contributed by atoms with Gasteiger partial charge in [-0.1, -0.05) is 56.3 Å². The summed E-state index contributed by atoms with van der Waals surface area (Å²) in [6, 6.07) is 10.6. The number of H-pyrrole nitrogens is 1. The SMILES string of the molecule is CC(C)C1C=CC(N(Cc2cn[nH]c2)C(=O)[C@H]2CCCC3=C(OCc4ccccc4)CCC=C32)=CN1. The molecule has 1 aromatic heterocycles. The minimum Gasteiger partial charge on any atom is -0.493 e. The fourth-order valence-corrected chi connectivity index (χ4v) is 5.33. The minimum absolute atomic E-state index is 0.143. The average Bonchev–Trinajstić information content (AvgIpc) is 3.44. The molecular formula is C30H36N4O2. The van der Waals surface area contributed by atoms with Gasteiger partial charge in [-0.3, -0.25) is 9.89 Å². The van der Waals surface area contributed by atoms with E-state index in [0.29, 0.717) is 19.1 Å². The second-order valence-electron chi connectivity index (χ2n) is 10.2. The summed E-state index contributed by atoms with van der Waals surface area (Å²) < 4.78 is 6.33. The smallest absolute Gasteiger partial charge is 0.234 e. The zero-order valence-corrected chi connectivity index (χ0v) is 21.2. The van der Waals surface area contributed by atoms with E-state index in [0.717, 1.165) is 49.1 Å². The molecule has 0 spiro atoms. The number of hydrogen-bond acceptors (Lipinski definition) is 4. The normalized spacial score (nSPS) is 21.4. The summed E-state index contributed by atoms with van der Waals surface area (Å²) in [5.74, 6) is 1.52. The second kappa shape index (κ2) is 11.0. The van der Waals surface area contributed by atoms with Gasteiger partial charge in [0.2, 0.25) is 5.91 Å². The van der Waals surface area contributed by atoms with Crippen molar-refractivity contribution in [3.05, 3.63) is 101 Å². The Labute approximate surface area is 213 Å². The van der Waals surface area contributed by atoms with E-state index in [-0.39, 0.29) is 17.9 Å². The van der Waals surface area contributed by atoms with Gasteiger partial charge in [-0.25, -0.2) is 0 Å². The molecule has 1 unspecified atom stereocenters. The van der Waals surface area contributed by atoms with Gasteiger partial charge in [0.1, 0.15) is 12.4 Å². The van der Waals surface area contributed by atoms with Crippen LogP contribution in [0, 0.1) is 11.8 Å². The molecular weight excluding hydrogens is 448 g/mol. The van der Waals surface area contributed by atoms with Crippen molar-refractivity contribution in [2.75, 3.05) is 0 Å². The van der Waals surface area contributed by atoms with Crippen LogP contribution in [0.3, 0.4) is 0 Å². The summed E-state index contributed by atoms with van der Waals surface area (Å²) in [7, 11) is 0. The first-order valence-electron chi connectivity index (χ1n) is 13.1. The number of rotatable bonds is 8. The third-order valence-corrected chi connectivity index (χ3v) is 7.36. The Morgan fingerprint density at radius 2 is 2.06 bits per heavy atom. The molecule has 2 aliphatic carbocycles. The maximum Gasteiger partial charge on any atom is 0.234 e. The molecule has 1 aromatic carbocycles. The highest BCUT2D eigenvalue weighted by Crippen LogP contribution is 2.42. The van der Waals surface area contributed by atoms with Crippen LogP contribution in [-0.2, 0) is 22.7 Å². The van der Waals surface area contributed by atoms with Crippen molar-refractivity contribution in [2.24, 2.45) is 11.8 Å². The number of benzene rings is 1. The lowest BCUT2D eigenvalue weighted by atomic mass is 9.76. The molecule has 2 heterocycles. The molecule has 5 rings (SSSR count). The minimum atomic E-state index is -0.159. The number of nitrogens with one attached hydrogen (secondary N) is 2. The molecule has 188 valence electrons. The molecule has 6 heteroatoms. The molecule has 3 aliphatic rings. The van der Waals surface area contributed by atoms with Crippen LogP contribution >= 0.6 is 0 Å². The largest absolute Gasteiger partial charge is 0.493 e. The van der Waals surface area contributed by atoms with Crippen LogP contribution in [0.2, 0.25) is 0 Å². The van der Waals surface area contributed by atoms with Crippen LogP contribution in [-0.4, -0.2) is 27.0 Å². The van der Waals surface area contributed by atoms with Crippen LogP contribution in [0.4, 0.5) is 0 Å². The summed E-state index contributed by atoms with van der Waals surface area (Å²) in [5, 5.41) is 10.4. The molecule has 2 atom stereocenters. The van der Waals surface area contributed by atoms with E-state index in [1.54, 1.807) is 6.20 Å². The van der Waals surface area contributed by atoms with Crippen LogP contribution in [0.1, 0.15) is 57.1 Å². The summed E-state index contributed by atoms with van der Waals surface area (Å²) in [5.41, 5.74) is 5.47. The van der Waals surface area contributed by atoms with Gasteiger partial charge in [-0.15, -0.1) is 0 Å². The lowest BCUT2D eigenvalue weighted by Gasteiger charge is -2.36. The fourth-order valence-electron chi connectivity index (χ4n) is 5.33. The first-order valence-corrected chi connectivity index (χ1v) is 13.1. The highest BCUT2D eigenvalue weighted by atomic mass is 16.5. The first-order chi connectivity index (χ1) is 17.6. The third-order valence-electron chi connectivity index (χ3n) is 7.36. The molecule has 2 N–H and O–H groups in total. The van der Waals surface area contributed by atoms with E-state index in [1.807, 2.05) is 35.5 Å². The summed E-state index contributed by atoms with van der Waals surface area (Å²) >= 11 is 0. The molecule has 1 aliphatic heterocycles. The molecule has 1 fully saturated rings. The number of fused-ring (bicyclic) bond motifs is 1. The molecule has 2 aromatic rings. The van der Waals surface area contributed by atoms with Crippen molar-refractivity contribution in [3.63, 3.8) is 0 Å². The lowest BCUT2D eigenvalue weighted by Crippen LogP contribution is -2.40. The topological polar surface area (TPSA) is 70.2 Å². The molecule has 6 nitrogen and oxygen atoms in total. The van der Waals surface area contributed by atoms with Crippen molar-refractivity contribution in [3.8, 4) is 0 Å². The molecule has 0 saturated heterocycles. The van der Waals surface area contributed by atoms with Gasteiger partial charge in [0.15, 0.2) is 0 Å². The van der Waals surface area contributed by atoms with Gasteiger partial charge in [0.25, 0.3) is 0 Å². The predicted molar refractivity (Wildman–Crippen MR) is 141 cm³/mol. The number of aromatic amines is 1. The summed E-state index contributed by atoms with van der Waals surface area (Å²) in [6.07, 6.45) is 16.8. The molecule has 0 radical (unpaired) electrons. The van der Waals surface area contributed by atoms with Gasteiger partial charge in [0.05, 0.1) is 24.4 Å². The highest BCUT2D eigenvalue weighted by Gasteiger charge is 2.36. The fraction of sp³-hybridized carbons (Fsp3) is 0.400. The van der Waals surface area contributed by atoms with Crippen LogP contribution in [0.25, 0.3) is 0 Å². The molecule has 36 heavy (non-hydrogen) atoms. The van der Waals surface area contributed by atoms with E-state index in [1.165, 1.54) is 16.7 Å². The Bertz CT molecular complexity index is 1170.